The molecule has 102 valence electrons. The molecular weight excluding hydrogens is 262 g/mol. The van der Waals surface area contributed by atoms with Gasteiger partial charge in [0.1, 0.15) is 16.4 Å². The lowest BCUT2D eigenvalue weighted by Crippen LogP contribution is -2.13. The molecule has 0 bridgehead atoms. The van der Waals surface area contributed by atoms with Crippen molar-refractivity contribution in [3.05, 3.63) is 47.9 Å². The number of allylic oxidation sites excluding steroid dienone is 4. The Bertz CT molecular complexity index is 487. The van der Waals surface area contributed by atoms with Gasteiger partial charge in [0, 0.05) is 0 Å². The van der Waals surface area contributed by atoms with Crippen LogP contribution < -0.4 is 0 Å². The average molecular weight is 279 g/mol. The van der Waals surface area contributed by atoms with Crippen molar-refractivity contribution in [2.24, 2.45) is 4.99 Å². The zero-order valence-corrected chi connectivity index (χ0v) is 11.9. The van der Waals surface area contributed by atoms with Gasteiger partial charge in [0.15, 0.2) is 0 Å². The largest absolute Gasteiger partial charge is 0.510 e. The van der Waals surface area contributed by atoms with Crippen LogP contribution >= 0.6 is 11.8 Å². The number of nitrogens with zero attached hydrogens (tertiary/aromatic N) is 1. The number of esters is 1. The van der Waals surface area contributed by atoms with Crippen LogP contribution in [0.4, 0.5) is 0 Å². The summed E-state index contributed by atoms with van der Waals surface area (Å²) < 4.78 is 4.92. The van der Waals surface area contributed by atoms with Crippen LogP contribution in [-0.2, 0) is 9.53 Å². The smallest absolute Gasteiger partial charge is 0.344 e. The van der Waals surface area contributed by atoms with E-state index in [0.717, 1.165) is 0 Å². The summed E-state index contributed by atoms with van der Waals surface area (Å²) in [6, 6.07) is 0. The number of hydrogen-bond donors (Lipinski definition) is 1. The van der Waals surface area contributed by atoms with Crippen LogP contribution in [-0.4, -0.2) is 28.5 Å². The number of hydrogen-bond acceptors (Lipinski definition) is 5. The summed E-state index contributed by atoms with van der Waals surface area (Å²) in [6.45, 7) is 7.47. The van der Waals surface area contributed by atoms with Crippen molar-refractivity contribution in [1.82, 2.24) is 0 Å². The first-order valence-electron chi connectivity index (χ1n) is 5.90. The summed E-state index contributed by atoms with van der Waals surface area (Å²) in [7, 11) is 0. The Kier molecular flexibility index (Phi) is 6.15. The molecule has 1 aliphatic rings. The highest BCUT2D eigenvalue weighted by Gasteiger charge is 2.29. The molecule has 1 rings (SSSR count). The third-order valence-corrected chi connectivity index (χ3v) is 3.17. The quantitative estimate of drug-likeness (QED) is 0.620. The van der Waals surface area contributed by atoms with Crippen LogP contribution in [0.3, 0.4) is 0 Å². The van der Waals surface area contributed by atoms with Crippen LogP contribution in [0.5, 0.6) is 0 Å². The van der Waals surface area contributed by atoms with Gasteiger partial charge in [-0.2, -0.15) is 0 Å². The molecule has 19 heavy (non-hydrogen) atoms. The maximum Gasteiger partial charge on any atom is 0.344 e. The highest BCUT2D eigenvalue weighted by molar-refractivity contribution is 8.15. The van der Waals surface area contributed by atoms with Crippen molar-refractivity contribution >= 4 is 22.8 Å². The summed E-state index contributed by atoms with van der Waals surface area (Å²) in [5.74, 6) is -0.188. The molecule has 0 amide bonds. The predicted octanol–water partition coefficient (Wildman–Crippen LogP) is 3.15. The van der Waals surface area contributed by atoms with Crippen LogP contribution in [0.15, 0.2) is 52.9 Å². The number of ether oxygens (including phenoxy) is 1. The Balaban J connectivity index is 3.09. The number of aliphatic hydroxyl groups is 1. The Morgan fingerprint density at radius 2 is 2.37 bits per heavy atom. The molecule has 0 fully saturated rings. The first-order chi connectivity index (χ1) is 9.13. The van der Waals surface area contributed by atoms with Gasteiger partial charge >= 0.3 is 5.97 Å². The molecule has 0 saturated carbocycles. The highest BCUT2D eigenvalue weighted by Crippen LogP contribution is 2.28. The van der Waals surface area contributed by atoms with Gasteiger partial charge in [-0.25, -0.2) is 9.79 Å². The standard InChI is InChI=1S/C14H17NO3S/c1-4-7-10(8-5-2)15-13-12(11(16)9-19-13)14(17)18-6-3/h4-5,7-8,16H,1,6,9H2,2-3H3/b8-5-,10-7+,15-13?. The van der Waals surface area contributed by atoms with E-state index in [0.29, 0.717) is 16.5 Å². The summed E-state index contributed by atoms with van der Waals surface area (Å²) >= 11 is 1.31. The molecule has 4 nitrogen and oxygen atoms in total. The fraction of sp³-hybridized carbons (Fsp3) is 0.286. The second kappa shape index (κ2) is 7.63. The molecule has 1 N–H and O–H groups in total. The first kappa shape index (κ1) is 15.3. The topological polar surface area (TPSA) is 58.9 Å². The minimum Gasteiger partial charge on any atom is -0.510 e. The predicted molar refractivity (Wildman–Crippen MR) is 79.3 cm³/mol. The van der Waals surface area contributed by atoms with E-state index >= 15 is 0 Å². The highest BCUT2D eigenvalue weighted by atomic mass is 32.2. The molecule has 5 heteroatoms. The van der Waals surface area contributed by atoms with Gasteiger partial charge in [-0.3, -0.25) is 0 Å². The lowest BCUT2D eigenvalue weighted by atomic mass is 10.2. The Hall–Kier alpha value is -1.75. The second-order valence-corrected chi connectivity index (χ2v) is 4.54. The summed E-state index contributed by atoms with van der Waals surface area (Å²) in [5.41, 5.74) is 0.822. The van der Waals surface area contributed by atoms with E-state index in [2.05, 4.69) is 11.6 Å². The number of rotatable bonds is 5. The number of carbonyl (C=O) groups is 1. The molecular formula is C14H17NO3S. The summed E-state index contributed by atoms with van der Waals surface area (Å²) in [5, 5.41) is 10.2. The average Bonchev–Trinajstić information content (AvgIpc) is 2.71. The van der Waals surface area contributed by atoms with Crippen LogP contribution in [0.2, 0.25) is 0 Å². The molecule has 0 radical (unpaired) electrons. The maximum atomic E-state index is 11.8. The van der Waals surface area contributed by atoms with E-state index in [1.165, 1.54) is 11.8 Å². The van der Waals surface area contributed by atoms with Crippen LogP contribution in [0.25, 0.3) is 0 Å². The third kappa shape index (κ3) is 4.13. The lowest BCUT2D eigenvalue weighted by molar-refractivity contribution is -0.138. The monoisotopic (exact) mass is 279 g/mol. The molecule has 0 aromatic carbocycles. The van der Waals surface area contributed by atoms with Crippen molar-refractivity contribution in [2.75, 3.05) is 12.4 Å². The van der Waals surface area contributed by atoms with Crippen molar-refractivity contribution in [1.29, 1.82) is 0 Å². The fourth-order valence-electron chi connectivity index (χ4n) is 1.44. The summed E-state index contributed by atoms with van der Waals surface area (Å²) in [6.07, 6.45) is 6.98. The molecule has 0 saturated heterocycles. The van der Waals surface area contributed by atoms with Gasteiger partial charge < -0.3 is 9.84 Å². The molecule has 0 unspecified atom stereocenters. The Labute approximate surface area is 117 Å². The first-order valence-corrected chi connectivity index (χ1v) is 6.89. The Morgan fingerprint density at radius 1 is 1.63 bits per heavy atom. The lowest BCUT2D eigenvalue weighted by Gasteiger charge is -2.04. The van der Waals surface area contributed by atoms with E-state index in [1.807, 2.05) is 13.0 Å². The van der Waals surface area contributed by atoms with Gasteiger partial charge in [0.25, 0.3) is 0 Å². The number of aliphatic hydroxyl groups excluding tert-OH is 1. The van der Waals surface area contributed by atoms with Gasteiger partial charge in [-0.1, -0.05) is 30.5 Å². The molecule has 0 aromatic rings. The molecule has 1 heterocycles. The van der Waals surface area contributed by atoms with Crippen molar-refractivity contribution in [2.45, 2.75) is 13.8 Å². The van der Waals surface area contributed by atoms with E-state index in [-0.39, 0.29) is 17.9 Å². The molecule has 1 aliphatic heterocycles. The number of aliphatic imine (C=N–C) groups is 1. The molecule has 0 atom stereocenters. The van der Waals surface area contributed by atoms with Gasteiger partial charge in [0.05, 0.1) is 18.1 Å². The SMILES string of the molecule is C=C/C=C(\C=C/C)N=C1SCC(O)=C1C(=O)OCC. The Morgan fingerprint density at radius 3 is 2.95 bits per heavy atom. The van der Waals surface area contributed by atoms with E-state index in [1.54, 1.807) is 25.2 Å². The van der Waals surface area contributed by atoms with E-state index in [4.69, 9.17) is 4.74 Å². The fourth-order valence-corrected chi connectivity index (χ4v) is 2.37. The molecule has 0 spiro atoms. The van der Waals surface area contributed by atoms with Crippen molar-refractivity contribution in [3.63, 3.8) is 0 Å². The van der Waals surface area contributed by atoms with Crippen LogP contribution in [0.1, 0.15) is 13.8 Å². The molecule has 0 aliphatic carbocycles. The minimum atomic E-state index is -0.540. The summed E-state index contributed by atoms with van der Waals surface area (Å²) in [4.78, 5) is 16.1. The minimum absolute atomic E-state index is 0.0145. The zero-order chi connectivity index (χ0) is 14.3. The number of carbonyl (C=O) groups excluding carboxylic acids is 1. The van der Waals surface area contributed by atoms with Gasteiger partial charge in [0.2, 0.25) is 0 Å². The van der Waals surface area contributed by atoms with Gasteiger partial charge in [-0.05, 0) is 26.0 Å². The van der Waals surface area contributed by atoms with E-state index in [9.17, 15) is 9.90 Å². The second-order valence-electron chi connectivity index (χ2n) is 3.58. The van der Waals surface area contributed by atoms with Crippen molar-refractivity contribution in [3.8, 4) is 0 Å². The normalized spacial score (nSPS) is 18.4. The third-order valence-electron chi connectivity index (χ3n) is 2.18. The maximum absolute atomic E-state index is 11.8. The molecule has 0 aromatic heterocycles. The number of thioether (sulfide) groups is 1. The van der Waals surface area contributed by atoms with E-state index < -0.39 is 5.97 Å². The van der Waals surface area contributed by atoms with Gasteiger partial charge in [-0.15, -0.1) is 0 Å². The zero-order valence-electron chi connectivity index (χ0n) is 11.0. The van der Waals surface area contributed by atoms with Crippen molar-refractivity contribution < 1.29 is 14.6 Å². The van der Waals surface area contributed by atoms with Crippen LogP contribution in [0, 0.1) is 0 Å².